The van der Waals surface area contributed by atoms with Crippen molar-refractivity contribution in [1.82, 2.24) is 14.1 Å². The summed E-state index contributed by atoms with van der Waals surface area (Å²) < 4.78 is 3.82. The predicted molar refractivity (Wildman–Crippen MR) is 105 cm³/mol. The Kier molecular flexibility index (Phi) is 6.20. The van der Waals surface area contributed by atoms with E-state index in [1.54, 1.807) is 48.3 Å². The molecular weight excluding hydrogens is 340 g/mol. The lowest BCUT2D eigenvalue weighted by Gasteiger charge is -2.08. The lowest BCUT2D eigenvalue weighted by atomic mass is 10.1. The Morgan fingerprint density at radius 1 is 1.04 bits per heavy atom. The van der Waals surface area contributed by atoms with Crippen LogP contribution in [0.15, 0.2) is 61.2 Å². The van der Waals surface area contributed by atoms with E-state index in [1.807, 2.05) is 24.5 Å². The number of aryl methyl sites for hydroxylation is 2. The van der Waals surface area contributed by atoms with Crippen LogP contribution in [0.2, 0.25) is 0 Å². The maximum atomic E-state index is 12.5. The molecule has 1 N–H and O–H groups in total. The predicted octanol–water partition coefficient (Wildman–Crippen LogP) is 3.65. The highest BCUT2D eigenvalue weighted by molar-refractivity contribution is 6.07. The second kappa shape index (κ2) is 8.98. The molecule has 0 aliphatic carbocycles. The van der Waals surface area contributed by atoms with Crippen molar-refractivity contribution in [1.29, 1.82) is 0 Å². The summed E-state index contributed by atoms with van der Waals surface area (Å²) in [7, 11) is 1.78. The van der Waals surface area contributed by atoms with E-state index < -0.39 is 0 Å². The van der Waals surface area contributed by atoms with E-state index in [4.69, 9.17) is 0 Å². The Hall–Kier alpha value is -3.15. The molecule has 1 aromatic carbocycles. The number of carbonyl (C=O) groups excluding carboxylic acids is 2. The number of hydrogen-bond donors (Lipinski definition) is 1. The second-order valence-electron chi connectivity index (χ2n) is 6.55. The van der Waals surface area contributed by atoms with Gasteiger partial charge in [-0.25, -0.2) is 4.98 Å². The Labute approximate surface area is 158 Å². The minimum atomic E-state index is -0.163. The highest BCUT2D eigenvalue weighted by Gasteiger charge is 2.14. The van der Waals surface area contributed by atoms with Gasteiger partial charge < -0.3 is 14.5 Å². The van der Waals surface area contributed by atoms with Crippen LogP contribution in [0.4, 0.5) is 5.69 Å². The Bertz CT molecular complexity index is 897. The molecule has 0 fully saturated rings. The lowest BCUT2D eigenvalue weighted by molar-refractivity contribution is -0.116. The average molecular weight is 364 g/mol. The molecule has 0 saturated heterocycles. The van der Waals surface area contributed by atoms with Crippen molar-refractivity contribution in [3.8, 4) is 0 Å². The first-order valence-electron chi connectivity index (χ1n) is 9.16. The Balaban J connectivity index is 1.46. The number of anilines is 1. The van der Waals surface area contributed by atoms with Gasteiger partial charge in [0.05, 0.1) is 0 Å². The minimum Gasteiger partial charge on any atom is -0.354 e. The van der Waals surface area contributed by atoms with Crippen molar-refractivity contribution >= 4 is 17.4 Å². The van der Waals surface area contributed by atoms with E-state index in [9.17, 15) is 9.59 Å². The lowest BCUT2D eigenvalue weighted by Crippen LogP contribution is -2.13. The van der Waals surface area contributed by atoms with Gasteiger partial charge in [0, 0.05) is 56.1 Å². The molecule has 6 heteroatoms. The fourth-order valence-electron chi connectivity index (χ4n) is 2.95. The number of benzene rings is 1. The van der Waals surface area contributed by atoms with Gasteiger partial charge in [-0.1, -0.05) is 18.6 Å². The molecule has 2 aromatic heterocycles. The number of aromatic nitrogens is 3. The van der Waals surface area contributed by atoms with Crippen LogP contribution < -0.4 is 5.32 Å². The maximum absolute atomic E-state index is 12.5. The highest BCUT2D eigenvalue weighted by atomic mass is 16.1. The van der Waals surface area contributed by atoms with Gasteiger partial charge in [-0.15, -0.1) is 0 Å². The van der Waals surface area contributed by atoms with Crippen LogP contribution in [0.25, 0.3) is 0 Å². The third kappa shape index (κ3) is 5.17. The van der Waals surface area contributed by atoms with E-state index in [2.05, 4.69) is 14.9 Å². The second-order valence-corrected chi connectivity index (χ2v) is 6.55. The summed E-state index contributed by atoms with van der Waals surface area (Å²) in [5, 5.41) is 2.88. The molecule has 3 rings (SSSR count). The zero-order valence-electron chi connectivity index (χ0n) is 15.5. The van der Waals surface area contributed by atoms with Crippen LogP contribution in [0, 0.1) is 0 Å². The third-order valence-electron chi connectivity index (χ3n) is 4.42. The summed E-state index contributed by atoms with van der Waals surface area (Å²) >= 11 is 0. The van der Waals surface area contributed by atoms with Crippen LogP contribution in [-0.2, 0) is 18.4 Å². The molecule has 0 unspecified atom stereocenters. The summed E-state index contributed by atoms with van der Waals surface area (Å²) in [6, 6.07) is 11.0. The van der Waals surface area contributed by atoms with E-state index in [0.29, 0.717) is 23.5 Å². The number of ketones is 1. The number of rotatable bonds is 9. The largest absolute Gasteiger partial charge is 0.354 e. The molecule has 0 spiro atoms. The molecular formula is C21H24N4O2. The average Bonchev–Trinajstić information content (AvgIpc) is 3.32. The van der Waals surface area contributed by atoms with Crippen molar-refractivity contribution in [2.24, 2.45) is 7.05 Å². The number of imidazole rings is 1. The smallest absolute Gasteiger partial charge is 0.228 e. The summed E-state index contributed by atoms with van der Waals surface area (Å²) in [5.74, 6) is 0.183. The number of nitrogens with zero attached hydrogens (tertiary/aromatic N) is 3. The molecule has 0 aliphatic rings. The molecule has 2 heterocycles. The number of unbranched alkanes of at least 4 members (excludes halogenated alkanes) is 2. The molecule has 140 valence electrons. The normalized spacial score (nSPS) is 10.7. The third-order valence-corrected chi connectivity index (χ3v) is 4.42. The van der Waals surface area contributed by atoms with E-state index >= 15 is 0 Å². The van der Waals surface area contributed by atoms with Gasteiger partial charge in [0.1, 0.15) is 0 Å². The number of carbonyl (C=O) groups is 2. The maximum Gasteiger partial charge on any atom is 0.228 e. The topological polar surface area (TPSA) is 68.9 Å². The molecule has 6 nitrogen and oxygen atoms in total. The standard InChI is InChI=1S/C21H24N4O2/c1-24-15-11-22-21(24)20(27)17-8-7-9-18(16-17)23-19(26)10-3-2-4-12-25-13-5-6-14-25/h5-9,11,13-16H,2-4,10,12H2,1H3,(H,23,26). The highest BCUT2D eigenvalue weighted by Crippen LogP contribution is 2.15. The molecule has 0 saturated carbocycles. The molecule has 0 bridgehead atoms. The summed E-state index contributed by atoms with van der Waals surface area (Å²) in [4.78, 5) is 28.7. The van der Waals surface area contributed by atoms with Crippen LogP contribution in [0.5, 0.6) is 0 Å². The van der Waals surface area contributed by atoms with Crippen molar-refractivity contribution in [3.05, 3.63) is 72.6 Å². The van der Waals surface area contributed by atoms with Crippen LogP contribution in [0.1, 0.15) is 41.9 Å². The monoisotopic (exact) mass is 364 g/mol. The first-order chi connectivity index (χ1) is 13.1. The molecule has 3 aromatic rings. The molecule has 0 atom stereocenters. The van der Waals surface area contributed by atoms with E-state index in [0.717, 1.165) is 25.8 Å². The van der Waals surface area contributed by atoms with Gasteiger partial charge in [0.15, 0.2) is 5.82 Å². The Morgan fingerprint density at radius 3 is 2.59 bits per heavy atom. The zero-order chi connectivity index (χ0) is 19.1. The van der Waals surface area contributed by atoms with Gasteiger partial charge in [0.2, 0.25) is 11.7 Å². The quantitative estimate of drug-likeness (QED) is 0.465. The van der Waals surface area contributed by atoms with E-state index in [-0.39, 0.29) is 11.7 Å². The summed E-state index contributed by atoms with van der Waals surface area (Å²) in [6.07, 6.45) is 10.8. The van der Waals surface area contributed by atoms with Crippen molar-refractivity contribution in [2.75, 3.05) is 5.32 Å². The van der Waals surface area contributed by atoms with Crippen LogP contribution in [0.3, 0.4) is 0 Å². The van der Waals surface area contributed by atoms with Crippen LogP contribution in [-0.4, -0.2) is 25.8 Å². The van der Waals surface area contributed by atoms with Crippen molar-refractivity contribution in [2.45, 2.75) is 32.2 Å². The number of hydrogen-bond acceptors (Lipinski definition) is 3. The fourth-order valence-corrected chi connectivity index (χ4v) is 2.95. The first-order valence-corrected chi connectivity index (χ1v) is 9.16. The SMILES string of the molecule is Cn1ccnc1C(=O)c1cccc(NC(=O)CCCCCn2cccc2)c1. The van der Waals surface area contributed by atoms with Gasteiger partial charge >= 0.3 is 0 Å². The molecule has 0 radical (unpaired) electrons. The summed E-state index contributed by atoms with van der Waals surface area (Å²) in [5.41, 5.74) is 1.14. The van der Waals surface area contributed by atoms with Crippen molar-refractivity contribution < 1.29 is 9.59 Å². The summed E-state index contributed by atoms with van der Waals surface area (Å²) in [6.45, 7) is 0.978. The number of amides is 1. The van der Waals surface area contributed by atoms with Gasteiger partial charge in [-0.2, -0.15) is 0 Å². The van der Waals surface area contributed by atoms with Crippen molar-refractivity contribution in [3.63, 3.8) is 0 Å². The van der Waals surface area contributed by atoms with Crippen LogP contribution >= 0.6 is 0 Å². The molecule has 1 amide bonds. The molecule has 0 aliphatic heterocycles. The van der Waals surface area contributed by atoms with Gasteiger partial charge in [-0.05, 0) is 37.1 Å². The Morgan fingerprint density at radius 2 is 1.85 bits per heavy atom. The van der Waals surface area contributed by atoms with Gasteiger partial charge in [-0.3, -0.25) is 9.59 Å². The first kappa shape index (κ1) is 18.6. The van der Waals surface area contributed by atoms with E-state index in [1.165, 1.54) is 0 Å². The number of nitrogens with one attached hydrogen (secondary N) is 1. The molecule has 27 heavy (non-hydrogen) atoms. The fraction of sp³-hybridized carbons (Fsp3) is 0.286. The van der Waals surface area contributed by atoms with Gasteiger partial charge in [0.25, 0.3) is 0 Å². The minimum absolute atomic E-state index is 0.0300. The zero-order valence-corrected chi connectivity index (χ0v) is 15.5.